The lowest BCUT2D eigenvalue weighted by Gasteiger charge is -2.36. The van der Waals surface area contributed by atoms with Gasteiger partial charge in [-0.3, -0.25) is 9.59 Å². The van der Waals surface area contributed by atoms with Gasteiger partial charge in [0.25, 0.3) is 0 Å². The summed E-state index contributed by atoms with van der Waals surface area (Å²) in [5.41, 5.74) is 0.0336. The molecule has 1 aromatic carbocycles. The Morgan fingerprint density at radius 2 is 1.83 bits per heavy atom. The molecular weight excluding hydrogens is 295 g/mol. The maximum atomic E-state index is 13.6. The van der Waals surface area contributed by atoms with Crippen molar-refractivity contribution < 1.29 is 14.0 Å². The molecule has 1 fully saturated rings. The smallest absolute Gasteiger partial charge is 0.227 e. The zero-order valence-corrected chi connectivity index (χ0v) is 14.1. The zero-order chi connectivity index (χ0) is 17.0. The summed E-state index contributed by atoms with van der Waals surface area (Å²) in [6.07, 6.45) is 1.53. The van der Waals surface area contributed by atoms with Gasteiger partial charge in [0.2, 0.25) is 11.8 Å². The molecule has 0 aromatic heterocycles. The summed E-state index contributed by atoms with van der Waals surface area (Å²) in [4.78, 5) is 26.1. The van der Waals surface area contributed by atoms with Crippen LogP contribution in [0, 0.1) is 11.2 Å². The number of benzene rings is 1. The number of carbonyl (C=O) groups is 2. The number of hydrogen-bond donors (Lipinski definition) is 1. The van der Waals surface area contributed by atoms with Crippen LogP contribution in [0.15, 0.2) is 24.3 Å². The predicted molar refractivity (Wildman–Crippen MR) is 87.3 cm³/mol. The average molecular weight is 320 g/mol. The molecule has 1 aliphatic rings. The molecule has 2 amide bonds. The molecule has 1 aliphatic heterocycles. The molecule has 0 radical (unpaired) electrons. The maximum absolute atomic E-state index is 13.6. The molecule has 0 bridgehead atoms. The number of likely N-dealkylation sites (tertiary alicyclic amines) is 1. The molecule has 5 heteroatoms. The van der Waals surface area contributed by atoms with Gasteiger partial charge in [0, 0.05) is 24.5 Å². The average Bonchev–Trinajstić information content (AvgIpc) is 2.49. The van der Waals surface area contributed by atoms with Crippen molar-refractivity contribution in [2.24, 2.45) is 5.41 Å². The van der Waals surface area contributed by atoms with Gasteiger partial charge in [-0.2, -0.15) is 0 Å². The van der Waals surface area contributed by atoms with E-state index in [2.05, 4.69) is 5.32 Å². The maximum Gasteiger partial charge on any atom is 0.227 e. The number of rotatable bonds is 3. The first-order valence-electron chi connectivity index (χ1n) is 8.09. The van der Waals surface area contributed by atoms with Crippen molar-refractivity contribution in [2.75, 3.05) is 13.1 Å². The van der Waals surface area contributed by atoms with E-state index < -0.39 is 0 Å². The van der Waals surface area contributed by atoms with E-state index in [1.54, 1.807) is 18.2 Å². The molecule has 23 heavy (non-hydrogen) atoms. The highest BCUT2D eigenvalue weighted by atomic mass is 19.1. The third kappa shape index (κ3) is 4.78. The van der Waals surface area contributed by atoms with Gasteiger partial charge < -0.3 is 10.2 Å². The van der Waals surface area contributed by atoms with Gasteiger partial charge in [0.1, 0.15) is 5.82 Å². The van der Waals surface area contributed by atoms with Crippen LogP contribution in [0.2, 0.25) is 0 Å². The van der Waals surface area contributed by atoms with Crippen LogP contribution in [-0.2, 0) is 16.0 Å². The second-order valence-electron chi connectivity index (χ2n) is 7.15. The monoisotopic (exact) mass is 320 g/mol. The Morgan fingerprint density at radius 3 is 2.39 bits per heavy atom. The zero-order valence-electron chi connectivity index (χ0n) is 14.1. The molecule has 126 valence electrons. The number of nitrogens with one attached hydrogen (secondary N) is 1. The minimum absolute atomic E-state index is 0.0494. The van der Waals surface area contributed by atoms with Crippen molar-refractivity contribution in [3.63, 3.8) is 0 Å². The molecule has 0 spiro atoms. The van der Waals surface area contributed by atoms with Gasteiger partial charge in [-0.25, -0.2) is 4.39 Å². The van der Waals surface area contributed by atoms with Gasteiger partial charge in [-0.1, -0.05) is 39.0 Å². The Balaban J connectivity index is 1.81. The summed E-state index contributed by atoms with van der Waals surface area (Å²) in [6.45, 7) is 7.05. The van der Waals surface area contributed by atoms with Gasteiger partial charge in [0.05, 0.1) is 6.42 Å². The highest BCUT2D eigenvalue weighted by Crippen LogP contribution is 2.21. The minimum atomic E-state index is -0.374. The lowest BCUT2D eigenvalue weighted by molar-refractivity contribution is -0.140. The van der Waals surface area contributed by atoms with E-state index >= 15 is 0 Å². The van der Waals surface area contributed by atoms with Crippen LogP contribution in [-0.4, -0.2) is 35.8 Å². The largest absolute Gasteiger partial charge is 0.353 e. The van der Waals surface area contributed by atoms with Gasteiger partial charge in [0.15, 0.2) is 0 Å². The number of halogens is 1. The normalized spacial score (nSPS) is 16.3. The highest BCUT2D eigenvalue weighted by molar-refractivity contribution is 5.82. The molecule has 0 unspecified atom stereocenters. The topological polar surface area (TPSA) is 49.4 Å². The summed E-state index contributed by atoms with van der Waals surface area (Å²) in [6, 6.07) is 6.37. The van der Waals surface area contributed by atoms with E-state index in [1.807, 2.05) is 25.7 Å². The van der Waals surface area contributed by atoms with Crippen LogP contribution in [0.25, 0.3) is 0 Å². The van der Waals surface area contributed by atoms with Crippen LogP contribution < -0.4 is 5.32 Å². The Morgan fingerprint density at radius 1 is 1.22 bits per heavy atom. The third-order valence-electron chi connectivity index (χ3n) is 4.10. The molecule has 0 saturated carbocycles. The Kier molecular flexibility index (Phi) is 5.39. The number of nitrogens with zero attached hydrogens (tertiary/aromatic N) is 1. The summed E-state index contributed by atoms with van der Waals surface area (Å²) in [5.74, 6) is -0.377. The van der Waals surface area contributed by atoms with Gasteiger partial charge >= 0.3 is 0 Å². The summed E-state index contributed by atoms with van der Waals surface area (Å²) in [5, 5.41) is 2.95. The molecule has 1 aromatic rings. The van der Waals surface area contributed by atoms with Crippen LogP contribution in [0.5, 0.6) is 0 Å². The second-order valence-corrected chi connectivity index (χ2v) is 7.15. The lowest BCUT2D eigenvalue weighted by Crippen LogP contribution is -2.49. The van der Waals surface area contributed by atoms with Crippen LogP contribution in [0.3, 0.4) is 0 Å². The summed E-state index contributed by atoms with van der Waals surface area (Å²) >= 11 is 0. The third-order valence-corrected chi connectivity index (χ3v) is 4.10. The van der Waals surface area contributed by atoms with Crippen molar-refractivity contribution >= 4 is 11.8 Å². The second kappa shape index (κ2) is 7.11. The van der Waals surface area contributed by atoms with Crippen molar-refractivity contribution in [1.82, 2.24) is 10.2 Å². The first kappa shape index (κ1) is 17.4. The number of hydrogen-bond acceptors (Lipinski definition) is 2. The van der Waals surface area contributed by atoms with Crippen LogP contribution >= 0.6 is 0 Å². The van der Waals surface area contributed by atoms with Crippen molar-refractivity contribution in [3.8, 4) is 0 Å². The Bertz CT molecular complexity index is 573. The fourth-order valence-electron chi connectivity index (χ4n) is 2.79. The number of piperidine rings is 1. The molecule has 0 aliphatic carbocycles. The highest BCUT2D eigenvalue weighted by Gasteiger charge is 2.30. The van der Waals surface area contributed by atoms with E-state index in [-0.39, 0.29) is 35.5 Å². The van der Waals surface area contributed by atoms with Gasteiger partial charge in [-0.15, -0.1) is 0 Å². The first-order chi connectivity index (χ1) is 10.8. The molecular formula is C18H25FN2O2. The fourth-order valence-corrected chi connectivity index (χ4v) is 2.79. The minimum Gasteiger partial charge on any atom is -0.353 e. The number of amides is 2. The SMILES string of the molecule is CC(C)(C)C(=O)N1CCC(NC(=O)Cc2ccccc2F)CC1. The van der Waals surface area contributed by atoms with Crippen molar-refractivity contribution in [1.29, 1.82) is 0 Å². The summed E-state index contributed by atoms with van der Waals surface area (Å²) < 4.78 is 13.6. The Labute approximate surface area is 137 Å². The first-order valence-corrected chi connectivity index (χ1v) is 8.09. The van der Waals surface area contributed by atoms with Crippen molar-refractivity contribution in [2.45, 2.75) is 46.1 Å². The molecule has 2 rings (SSSR count). The van der Waals surface area contributed by atoms with Crippen LogP contribution in [0.1, 0.15) is 39.2 Å². The molecule has 4 nitrogen and oxygen atoms in total. The lowest BCUT2D eigenvalue weighted by atomic mass is 9.93. The molecule has 1 N–H and O–H groups in total. The van der Waals surface area contributed by atoms with E-state index in [1.165, 1.54) is 6.07 Å². The molecule has 1 saturated heterocycles. The standard InChI is InChI=1S/C18H25FN2O2/c1-18(2,3)17(23)21-10-8-14(9-11-21)20-16(22)12-13-6-4-5-7-15(13)19/h4-7,14H,8-12H2,1-3H3,(H,20,22). The van der Waals surface area contributed by atoms with E-state index in [9.17, 15) is 14.0 Å². The van der Waals surface area contributed by atoms with E-state index in [0.717, 1.165) is 12.8 Å². The molecule has 1 heterocycles. The number of carbonyl (C=O) groups excluding carboxylic acids is 2. The van der Waals surface area contributed by atoms with Gasteiger partial charge in [-0.05, 0) is 24.5 Å². The predicted octanol–water partition coefficient (Wildman–Crippen LogP) is 2.52. The summed E-state index contributed by atoms with van der Waals surface area (Å²) in [7, 11) is 0. The Hall–Kier alpha value is -1.91. The quantitative estimate of drug-likeness (QED) is 0.930. The van der Waals surface area contributed by atoms with Crippen LogP contribution in [0.4, 0.5) is 4.39 Å². The van der Waals surface area contributed by atoms with E-state index in [0.29, 0.717) is 18.7 Å². The van der Waals surface area contributed by atoms with E-state index in [4.69, 9.17) is 0 Å². The fraction of sp³-hybridized carbons (Fsp3) is 0.556. The van der Waals surface area contributed by atoms with Crippen molar-refractivity contribution in [3.05, 3.63) is 35.6 Å². The molecule has 0 atom stereocenters.